The molecule has 22 heavy (non-hydrogen) atoms. The smallest absolute Gasteiger partial charge is 0.190 e. The molecule has 1 aromatic heterocycles. The van der Waals surface area contributed by atoms with Gasteiger partial charge in [-0.3, -0.25) is 9.48 Å². The van der Waals surface area contributed by atoms with Crippen LogP contribution in [0, 0.1) is 5.92 Å². The first-order chi connectivity index (χ1) is 10.8. The van der Waals surface area contributed by atoms with Gasteiger partial charge in [0.1, 0.15) is 5.69 Å². The fourth-order valence-corrected chi connectivity index (χ4v) is 3.89. The van der Waals surface area contributed by atoms with E-state index >= 15 is 0 Å². The number of rotatable bonds is 7. The van der Waals surface area contributed by atoms with E-state index in [2.05, 4.69) is 24.2 Å². The summed E-state index contributed by atoms with van der Waals surface area (Å²) in [7, 11) is 0. The maximum absolute atomic E-state index is 12.5. The van der Waals surface area contributed by atoms with Crippen LogP contribution in [-0.4, -0.2) is 27.1 Å². The van der Waals surface area contributed by atoms with Gasteiger partial charge in [-0.15, -0.1) is 0 Å². The van der Waals surface area contributed by atoms with E-state index < -0.39 is 0 Å². The Hall–Kier alpha value is -1.55. The van der Waals surface area contributed by atoms with E-state index in [1.54, 1.807) is 18.0 Å². The number of Topliss-reactive ketones (excluding diaryl/α,β-unsaturated/α-hetero) is 1. The molecule has 0 unspecified atom stereocenters. The molecule has 1 aliphatic rings. The van der Waals surface area contributed by atoms with Crippen LogP contribution < -0.4 is 0 Å². The van der Waals surface area contributed by atoms with Crippen LogP contribution in [-0.2, 0) is 0 Å². The number of aromatic nitrogens is 2. The fourth-order valence-electron chi connectivity index (χ4n) is 2.77. The van der Waals surface area contributed by atoms with Crippen LogP contribution >= 0.6 is 11.8 Å². The first kappa shape index (κ1) is 15.3. The number of carbonyl (C=O) groups excluding carboxylic acids is 1. The lowest BCUT2D eigenvalue weighted by molar-refractivity contribution is 0.101. The topological polar surface area (TPSA) is 34.9 Å². The molecule has 0 spiro atoms. The van der Waals surface area contributed by atoms with Gasteiger partial charge in [0.2, 0.25) is 0 Å². The summed E-state index contributed by atoms with van der Waals surface area (Å²) >= 11 is 1.77. The van der Waals surface area contributed by atoms with Crippen LogP contribution in [0.15, 0.2) is 42.6 Å². The second-order valence-electron chi connectivity index (χ2n) is 5.98. The molecule has 0 N–H and O–H groups in total. The summed E-state index contributed by atoms with van der Waals surface area (Å²) in [6, 6.07) is 12.1. The molecule has 0 amide bonds. The number of carbonyl (C=O) groups is 1. The van der Waals surface area contributed by atoms with Gasteiger partial charge in [-0.1, -0.05) is 36.8 Å². The standard InChI is InChI=1S/C18H22N2OS/c1-14(16-8-3-2-4-9-16)20-17(10-11-19-20)18(21)13-22-12-15-6-5-7-15/h2-4,8-11,14-15H,5-7,12-13H2,1H3/t14-/m1/s1. The zero-order valence-electron chi connectivity index (χ0n) is 12.9. The highest BCUT2D eigenvalue weighted by molar-refractivity contribution is 7.99. The van der Waals surface area contributed by atoms with Crippen molar-refractivity contribution in [3.63, 3.8) is 0 Å². The van der Waals surface area contributed by atoms with Gasteiger partial charge in [0.25, 0.3) is 0 Å². The van der Waals surface area contributed by atoms with Crippen LogP contribution in [0.4, 0.5) is 0 Å². The lowest BCUT2D eigenvalue weighted by Crippen LogP contribution is -2.18. The maximum Gasteiger partial charge on any atom is 0.190 e. The van der Waals surface area contributed by atoms with Gasteiger partial charge in [0.15, 0.2) is 5.78 Å². The molecule has 1 atom stereocenters. The third-order valence-corrected chi connectivity index (χ3v) is 5.59. The second-order valence-corrected chi connectivity index (χ2v) is 7.01. The molecule has 3 rings (SSSR count). The van der Waals surface area contributed by atoms with Crippen molar-refractivity contribution < 1.29 is 4.79 Å². The average molecular weight is 314 g/mol. The van der Waals surface area contributed by atoms with Crippen LogP contribution in [0.5, 0.6) is 0 Å². The molecule has 1 saturated carbocycles. The first-order valence-corrected chi connectivity index (χ1v) is 9.10. The molecule has 1 fully saturated rings. The van der Waals surface area contributed by atoms with Crippen molar-refractivity contribution in [1.29, 1.82) is 0 Å². The minimum Gasteiger partial charge on any atom is -0.292 e. The van der Waals surface area contributed by atoms with Gasteiger partial charge in [-0.2, -0.15) is 16.9 Å². The van der Waals surface area contributed by atoms with E-state index in [0.29, 0.717) is 5.75 Å². The third-order valence-electron chi connectivity index (χ3n) is 4.42. The molecular weight excluding hydrogens is 292 g/mol. The molecule has 0 radical (unpaired) electrons. The molecule has 1 aliphatic carbocycles. The fraction of sp³-hybridized carbons (Fsp3) is 0.444. The van der Waals surface area contributed by atoms with Crippen molar-refractivity contribution >= 4 is 17.5 Å². The molecule has 4 heteroatoms. The van der Waals surface area contributed by atoms with Gasteiger partial charge < -0.3 is 0 Å². The van der Waals surface area contributed by atoms with Crippen LogP contribution in [0.3, 0.4) is 0 Å². The highest BCUT2D eigenvalue weighted by Crippen LogP contribution is 2.29. The number of thioether (sulfide) groups is 1. The molecule has 2 aromatic rings. The Labute approximate surface area is 136 Å². The summed E-state index contributed by atoms with van der Waals surface area (Å²) in [4.78, 5) is 12.5. The number of hydrogen-bond acceptors (Lipinski definition) is 3. The summed E-state index contributed by atoms with van der Waals surface area (Å²) in [6.45, 7) is 2.08. The summed E-state index contributed by atoms with van der Waals surface area (Å²) in [5.74, 6) is 2.70. The molecule has 0 aliphatic heterocycles. The van der Waals surface area contributed by atoms with E-state index in [1.165, 1.54) is 24.8 Å². The highest BCUT2D eigenvalue weighted by atomic mass is 32.2. The Morgan fingerprint density at radius 1 is 1.32 bits per heavy atom. The van der Waals surface area contributed by atoms with Crippen molar-refractivity contribution in [3.05, 3.63) is 53.9 Å². The van der Waals surface area contributed by atoms with Crippen LogP contribution in [0.2, 0.25) is 0 Å². The zero-order chi connectivity index (χ0) is 15.4. The predicted molar refractivity (Wildman–Crippen MR) is 91.5 cm³/mol. The van der Waals surface area contributed by atoms with Crippen molar-refractivity contribution in [2.45, 2.75) is 32.2 Å². The van der Waals surface area contributed by atoms with E-state index in [9.17, 15) is 4.79 Å². The monoisotopic (exact) mass is 314 g/mol. The molecular formula is C18H22N2OS. The lowest BCUT2D eigenvalue weighted by Gasteiger charge is -2.24. The summed E-state index contributed by atoms with van der Waals surface area (Å²) in [5, 5.41) is 4.37. The lowest BCUT2D eigenvalue weighted by atomic mass is 9.87. The maximum atomic E-state index is 12.5. The Bertz CT molecular complexity index is 619. The molecule has 1 aromatic carbocycles. The van der Waals surface area contributed by atoms with Crippen LogP contribution in [0.25, 0.3) is 0 Å². The number of ketones is 1. The Morgan fingerprint density at radius 3 is 2.77 bits per heavy atom. The average Bonchev–Trinajstić information content (AvgIpc) is 2.99. The van der Waals surface area contributed by atoms with E-state index in [1.807, 2.05) is 28.9 Å². The predicted octanol–water partition coefficient (Wildman–Crippen LogP) is 4.21. The summed E-state index contributed by atoms with van der Waals surface area (Å²) in [5.41, 5.74) is 1.89. The van der Waals surface area contributed by atoms with Gasteiger partial charge in [0, 0.05) is 6.20 Å². The van der Waals surface area contributed by atoms with E-state index in [0.717, 1.165) is 17.4 Å². The zero-order valence-corrected chi connectivity index (χ0v) is 13.8. The quantitative estimate of drug-likeness (QED) is 0.718. The highest BCUT2D eigenvalue weighted by Gasteiger charge is 2.20. The number of nitrogens with zero attached hydrogens (tertiary/aromatic N) is 2. The van der Waals surface area contributed by atoms with E-state index in [-0.39, 0.29) is 11.8 Å². The van der Waals surface area contributed by atoms with Crippen molar-refractivity contribution in [3.8, 4) is 0 Å². The number of benzene rings is 1. The normalized spacial score (nSPS) is 16.2. The molecule has 3 nitrogen and oxygen atoms in total. The minimum absolute atomic E-state index is 0.0757. The molecule has 0 bridgehead atoms. The van der Waals surface area contributed by atoms with Crippen LogP contribution in [0.1, 0.15) is 48.3 Å². The molecule has 0 saturated heterocycles. The van der Waals surface area contributed by atoms with Gasteiger partial charge in [-0.25, -0.2) is 0 Å². The third kappa shape index (κ3) is 3.43. The Kier molecular flexibility index (Phi) is 4.98. The Balaban J connectivity index is 1.64. The van der Waals surface area contributed by atoms with Crippen molar-refractivity contribution in [2.75, 3.05) is 11.5 Å². The number of hydrogen-bond donors (Lipinski definition) is 0. The van der Waals surface area contributed by atoms with Gasteiger partial charge in [-0.05, 0) is 43.1 Å². The largest absolute Gasteiger partial charge is 0.292 e. The Morgan fingerprint density at radius 2 is 2.09 bits per heavy atom. The molecule has 1 heterocycles. The second kappa shape index (κ2) is 7.14. The van der Waals surface area contributed by atoms with Gasteiger partial charge >= 0.3 is 0 Å². The first-order valence-electron chi connectivity index (χ1n) is 7.95. The summed E-state index contributed by atoms with van der Waals surface area (Å²) in [6.07, 6.45) is 5.76. The van der Waals surface area contributed by atoms with E-state index in [4.69, 9.17) is 0 Å². The molecule has 116 valence electrons. The van der Waals surface area contributed by atoms with Crippen molar-refractivity contribution in [2.24, 2.45) is 5.92 Å². The SMILES string of the molecule is C[C@H](c1ccccc1)n1nccc1C(=O)CSCC1CCC1. The minimum atomic E-state index is 0.0757. The summed E-state index contributed by atoms with van der Waals surface area (Å²) < 4.78 is 1.85. The van der Waals surface area contributed by atoms with Crippen molar-refractivity contribution in [1.82, 2.24) is 9.78 Å². The van der Waals surface area contributed by atoms with Gasteiger partial charge in [0.05, 0.1) is 11.8 Å².